The Balaban J connectivity index is 1.33. The molecule has 0 bridgehead atoms. The number of piperidine rings is 1. The van der Waals surface area contributed by atoms with Gasteiger partial charge in [0.2, 0.25) is 0 Å². The lowest BCUT2D eigenvalue weighted by Crippen LogP contribution is -2.26. The zero-order chi connectivity index (χ0) is 18.7. The predicted molar refractivity (Wildman–Crippen MR) is 109 cm³/mol. The van der Waals surface area contributed by atoms with Crippen LogP contribution in [0.15, 0.2) is 59.9 Å². The molecule has 3 rings (SSSR count). The van der Waals surface area contributed by atoms with E-state index < -0.39 is 0 Å². The van der Waals surface area contributed by atoms with Gasteiger partial charge in [0.05, 0.1) is 26.9 Å². The first-order valence-corrected chi connectivity index (χ1v) is 9.98. The van der Waals surface area contributed by atoms with Crippen molar-refractivity contribution >= 4 is 0 Å². The summed E-state index contributed by atoms with van der Waals surface area (Å²) in [5.74, 6) is 2.53. The van der Waals surface area contributed by atoms with Crippen LogP contribution in [0.25, 0.3) is 0 Å². The van der Waals surface area contributed by atoms with Gasteiger partial charge < -0.3 is 19.5 Å². The molecule has 4 heteroatoms. The van der Waals surface area contributed by atoms with Gasteiger partial charge in [-0.25, -0.2) is 0 Å². The minimum Gasteiger partial charge on any atom is -0.497 e. The molecule has 1 aromatic rings. The third-order valence-electron chi connectivity index (χ3n) is 5.06. The van der Waals surface area contributed by atoms with Crippen molar-refractivity contribution in [3.05, 3.63) is 65.5 Å². The lowest BCUT2D eigenvalue weighted by molar-refractivity contribution is 0.134. The van der Waals surface area contributed by atoms with E-state index in [-0.39, 0.29) is 0 Å². The molecule has 0 amide bonds. The number of allylic oxidation sites excluding steroid dienone is 4. The van der Waals surface area contributed by atoms with Crippen LogP contribution >= 0.6 is 0 Å². The molecular formula is C23H31NO3. The van der Waals surface area contributed by atoms with Crippen molar-refractivity contribution in [2.75, 3.05) is 40.0 Å². The Hall–Kier alpha value is -2.04. The van der Waals surface area contributed by atoms with Gasteiger partial charge in [-0.2, -0.15) is 0 Å². The Labute approximate surface area is 162 Å². The smallest absolute Gasteiger partial charge is 0.120 e. The van der Waals surface area contributed by atoms with Crippen molar-refractivity contribution in [2.45, 2.75) is 31.6 Å². The van der Waals surface area contributed by atoms with Crippen LogP contribution in [0.5, 0.6) is 5.75 Å². The summed E-state index contributed by atoms with van der Waals surface area (Å²) < 4.78 is 17.1. The molecule has 1 N–H and O–H groups in total. The van der Waals surface area contributed by atoms with Gasteiger partial charge in [-0.15, -0.1) is 0 Å². The molecule has 1 aromatic carbocycles. The fraction of sp³-hybridized carbons (Fsp3) is 0.478. The van der Waals surface area contributed by atoms with Crippen LogP contribution in [-0.4, -0.2) is 40.0 Å². The topological polar surface area (TPSA) is 39.7 Å². The predicted octanol–water partition coefficient (Wildman–Crippen LogP) is 4.36. The highest BCUT2D eigenvalue weighted by atomic mass is 16.5. The SMILES string of the molecule is COC1=CCC=CC=C1COCCCOc1ccc(C2CCNCC2)cc1. The first-order chi connectivity index (χ1) is 13.4. The summed E-state index contributed by atoms with van der Waals surface area (Å²) in [6, 6.07) is 8.62. The summed E-state index contributed by atoms with van der Waals surface area (Å²) in [5, 5.41) is 3.42. The van der Waals surface area contributed by atoms with E-state index in [4.69, 9.17) is 14.2 Å². The first kappa shape index (κ1) is 19.7. The van der Waals surface area contributed by atoms with E-state index in [9.17, 15) is 0 Å². The molecule has 146 valence electrons. The Bertz CT molecular complexity index is 655. The van der Waals surface area contributed by atoms with Gasteiger partial charge in [0.25, 0.3) is 0 Å². The van der Waals surface area contributed by atoms with E-state index in [0.29, 0.717) is 25.7 Å². The second kappa shape index (κ2) is 11.0. The standard InChI is InChI=1S/C23H31NO3/c1-25-23-7-4-2-3-6-21(23)18-26-16-5-17-27-22-10-8-19(9-11-22)20-12-14-24-15-13-20/h2-3,6-11,20,24H,4-5,12-18H2,1H3. The van der Waals surface area contributed by atoms with E-state index in [0.717, 1.165) is 43.0 Å². The fourth-order valence-corrected chi connectivity index (χ4v) is 3.51. The van der Waals surface area contributed by atoms with Crippen LogP contribution < -0.4 is 10.1 Å². The quantitative estimate of drug-likeness (QED) is 0.657. The molecule has 0 spiro atoms. The van der Waals surface area contributed by atoms with Crippen LogP contribution in [0.2, 0.25) is 0 Å². The first-order valence-electron chi connectivity index (χ1n) is 9.98. The van der Waals surface area contributed by atoms with E-state index in [1.807, 2.05) is 0 Å². The number of hydrogen-bond donors (Lipinski definition) is 1. The molecule has 1 saturated heterocycles. The van der Waals surface area contributed by atoms with Crippen molar-refractivity contribution in [3.63, 3.8) is 0 Å². The summed E-state index contributed by atoms with van der Waals surface area (Å²) in [5.41, 5.74) is 2.51. The lowest BCUT2D eigenvalue weighted by atomic mass is 9.90. The third kappa shape index (κ3) is 6.26. The number of rotatable bonds is 9. The number of benzene rings is 1. The van der Waals surface area contributed by atoms with Crippen molar-refractivity contribution < 1.29 is 14.2 Å². The normalized spacial score (nSPS) is 17.8. The molecule has 0 aromatic heterocycles. The van der Waals surface area contributed by atoms with Crippen LogP contribution in [0.1, 0.15) is 37.2 Å². The molecule has 2 aliphatic rings. The molecule has 27 heavy (non-hydrogen) atoms. The average molecular weight is 370 g/mol. The highest BCUT2D eigenvalue weighted by Gasteiger charge is 2.14. The van der Waals surface area contributed by atoms with Crippen molar-refractivity contribution in [1.82, 2.24) is 5.32 Å². The van der Waals surface area contributed by atoms with Crippen molar-refractivity contribution in [3.8, 4) is 5.75 Å². The van der Waals surface area contributed by atoms with Crippen molar-refractivity contribution in [1.29, 1.82) is 0 Å². The summed E-state index contributed by atoms with van der Waals surface area (Å²) in [6.45, 7) is 4.15. The summed E-state index contributed by atoms with van der Waals surface area (Å²) in [6.07, 6.45) is 12.5. The second-order valence-electron chi connectivity index (χ2n) is 6.98. The lowest BCUT2D eigenvalue weighted by Gasteiger charge is -2.23. The Morgan fingerprint density at radius 3 is 2.67 bits per heavy atom. The summed E-state index contributed by atoms with van der Waals surface area (Å²) in [4.78, 5) is 0. The molecule has 4 nitrogen and oxygen atoms in total. The maximum atomic E-state index is 5.85. The maximum absolute atomic E-state index is 5.85. The number of methoxy groups -OCH3 is 1. The van der Waals surface area contributed by atoms with Gasteiger partial charge >= 0.3 is 0 Å². The third-order valence-corrected chi connectivity index (χ3v) is 5.06. The van der Waals surface area contributed by atoms with Gasteiger partial charge in [-0.05, 0) is 62.0 Å². The maximum Gasteiger partial charge on any atom is 0.120 e. The molecule has 1 aliphatic carbocycles. The Morgan fingerprint density at radius 1 is 1.07 bits per heavy atom. The van der Waals surface area contributed by atoms with E-state index in [2.05, 4.69) is 53.9 Å². The summed E-state index contributed by atoms with van der Waals surface area (Å²) in [7, 11) is 1.70. The van der Waals surface area contributed by atoms with Gasteiger partial charge in [-0.1, -0.05) is 30.4 Å². The molecule has 0 saturated carbocycles. The average Bonchev–Trinajstić information content (AvgIpc) is 2.96. The molecule has 0 unspecified atom stereocenters. The molecule has 1 aliphatic heterocycles. The van der Waals surface area contributed by atoms with E-state index in [1.165, 1.54) is 18.4 Å². The monoisotopic (exact) mass is 369 g/mol. The van der Waals surface area contributed by atoms with E-state index >= 15 is 0 Å². The minimum absolute atomic E-state index is 0.564. The Kier molecular flexibility index (Phi) is 8.00. The zero-order valence-corrected chi connectivity index (χ0v) is 16.3. The largest absolute Gasteiger partial charge is 0.497 e. The van der Waals surface area contributed by atoms with Gasteiger partial charge in [0.15, 0.2) is 0 Å². The molecule has 0 atom stereocenters. The van der Waals surface area contributed by atoms with Crippen LogP contribution in [-0.2, 0) is 9.47 Å². The van der Waals surface area contributed by atoms with Crippen LogP contribution in [0, 0.1) is 0 Å². The van der Waals surface area contributed by atoms with Crippen molar-refractivity contribution in [2.24, 2.45) is 0 Å². The molecule has 1 fully saturated rings. The zero-order valence-electron chi connectivity index (χ0n) is 16.3. The number of ether oxygens (including phenoxy) is 3. The van der Waals surface area contributed by atoms with Gasteiger partial charge in [-0.3, -0.25) is 0 Å². The summed E-state index contributed by atoms with van der Waals surface area (Å²) >= 11 is 0. The highest BCUT2D eigenvalue weighted by Crippen LogP contribution is 2.26. The molecule has 0 radical (unpaired) electrons. The fourth-order valence-electron chi connectivity index (χ4n) is 3.51. The van der Waals surface area contributed by atoms with Gasteiger partial charge in [0, 0.05) is 12.0 Å². The van der Waals surface area contributed by atoms with Crippen LogP contribution in [0.3, 0.4) is 0 Å². The molecule has 1 heterocycles. The van der Waals surface area contributed by atoms with Crippen LogP contribution in [0.4, 0.5) is 0 Å². The molecular weight excluding hydrogens is 338 g/mol. The van der Waals surface area contributed by atoms with Gasteiger partial charge in [0.1, 0.15) is 11.5 Å². The highest BCUT2D eigenvalue weighted by molar-refractivity contribution is 5.33. The number of hydrogen-bond acceptors (Lipinski definition) is 4. The minimum atomic E-state index is 0.564. The Morgan fingerprint density at radius 2 is 1.89 bits per heavy atom. The second-order valence-corrected chi connectivity index (χ2v) is 6.98. The number of nitrogens with one attached hydrogen (secondary N) is 1. The van der Waals surface area contributed by atoms with E-state index in [1.54, 1.807) is 7.11 Å².